The van der Waals surface area contributed by atoms with E-state index in [9.17, 15) is 4.79 Å². The third kappa shape index (κ3) is 3.88. The average molecular weight is 322 g/mol. The second-order valence-corrected chi connectivity index (χ2v) is 6.51. The lowest BCUT2D eigenvalue weighted by Gasteiger charge is -2.19. The highest BCUT2D eigenvalue weighted by atomic mass is 32.1. The normalized spacial score (nSPS) is 11.6. The van der Waals surface area contributed by atoms with Crippen molar-refractivity contribution in [1.82, 2.24) is 9.55 Å². The summed E-state index contributed by atoms with van der Waals surface area (Å²) in [5.74, 6) is 0.575. The molecule has 0 bridgehead atoms. The number of imidazole rings is 1. The van der Waals surface area contributed by atoms with Crippen LogP contribution >= 0.6 is 12.2 Å². The lowest BCUT2D eigenvalue weighted by molar-refractivity contribution is -0.154. The number of carbonyl (C=O) groups is 1. The van der Waals surface area contributed by atoms with Gasteiger partial charge in [-0.05, 0) is 51.5 Å². The number of H-pyrrole nitrogens is 1. The molecule has 0 aliphatic heterocycles. The van der Waals surface area contributed by atoms with E-state index >= 15 is 0 Å². The summed E-state index contributed by atoms with van der Waals surface area (Å²) < 4.78 is 13.2. The van der Waals surface area contributed by atoms with Gasteiger partial charge in [-0.1, -0.05) is 6.07 Å². The number of aromatic nitrogens is 2. The number of aromatic amines is 1. The first-order valence-electron chi connectivity index (χ1n) is 7.29. The Bertz CT molecular complexity index is 725. The predicted octanol–water partition coefficient (Wildman–Crippen LogP) is 3.83. The van der Waals surface area contributed by atoms with Crippen molar-refractivity contribution in [2.75, 3.05) is 7.11 Å². The molecule has 1 aromatic heterocycles. The molecule has 0 radical (unpaired) electrons. The summed E-state index contributed by atoms with van der Waals surface area (Å²) >= 11 is 5.36. The van der Waals surface area contributed by atoms with Crippen molar-refractivity contribution in [3.63, 3.8) is 0 Å². The van der Waals surface area contributed by atoms with Gasteiger partial charge in [0.15, 0.2) is 4.77 Å². The van der Waals surface area contributed by atoms with Crippen LogP contribution in [0.2, 0.25) is 0 Å². The fourth-order valence-corrected chi connectivity index (χ4v) is 2.61. The van der Waals surface area contributed by atoms with Crippen molar-refractivity contribution in [3.8, 4) is 5.75 Å². The van der Waals surface area contributed by atoms with E-state index < -0.39 is 5.60 Å². The number of methoxy groups -OCH3 is 1. The van der Waals surface area contributed by atoms with Gasteiger partial charge in [0.2, 0.25) is 0 Å². The second kappa shape index (κ2) is 6.52. The first kappa shape index (κ1) is 16.5. The molecule has 0 fully saturated rings. The molecule has 0 unspecified atom stereocenters. The Balaban J connectivity index is 2.08. The summed E-state index contributed by atoms with van der Waals surface area (Å²) in [5, 5.41) is 0. The number of rotatable bonds is 5. The maximum Gasteiger partial charge on any atom is 0.306 e. The number of aryl methyl sites for hydroxylation is 1. The van der Waals surface area contributed by atoms with Crippen LogP contribution in [0.1, 0.15) is 33.6 Å². The standard InChI is InChI=1S/C16H22N2O3S/c1-16(2,3)21-13(19)9-6-10-18-11-7-5-8-12(20-4)14(11)17-15(18)22/h5,7-8H,6,9-10H2,1-4H3,(H,17,22). The molecule has 0 atom stereocenters. The fraction of sp³-hybridized carbons (Fsp3) is 0.500. The van der Waals surface area contributed by atoms with Crippen LogP contribution in [0, 0.1) is 4.77 Å². The smallest absolute Gasteiger partial charge is 0.306 e. The first-order valence-corrected chi connectivity index (χ1v) is 7.70. The molecule has 1 heterocycles. The van der Waals surface area contributed by atoms with Crippen molar-refractivity contribution in [2.45, 2.75) is 45.8 Å². The van der Waals surface area contributed by atoms with Crippen LogP contribution in [0.3, 0.4) is 0 Å². The molecular formula is C16H22N2O3S. The van der Waals surface area contributed by atoms with Crippen molar-refractivity contribution in [3.05, 3.63) is 23.0 Å². The summed E-state index contributed by atoms with van der Waals surface area (Å²) in [7, 11) is 1.63. The van der Waals surface area contributed by atoms with Gasteiger partial charge < -0.3 is 19.0 Å². The number of esters is 1. The zero-order valence-corrected chi connectivity index (χ0v) is 14.3. The molecule has 0 spiro atoms. The number of nitrogens with zero attached hydrogens (tertiary/aromatic N) is 1. The Kier molecular flexibility index (Phi) is 4.90. The van der Waals surface area contributed by atoms with E-state index in [1.807, 2.05) is 43.5 Å². The van der Waals surface area contributed by atoms with Crippen molar-refractivity contribution >= 4 is 29.2 Å². The number of carbonyl (C=O) groups excluding carboxylic acids is 1. The van der Waals surface area contributed by atoms with Crippen molar-refractivity contribution in [2.24, 2.45) is 0 Å². The van der Waals surface area contributed by atoms with Crippen LogP contribution in [-0.2, 0) is 16.1 Å². The minimum atomic E-state index is -0.443. The van der Waals surface area contributed by atoms with Crippen LogP contribution in [0.5, 0.6) is 5.75 Å². The highest BCUT2D eigenvalue weighted by Crippen LogP contribution is 2.24. The molecule has 2 aromatic rings. The number of nitrogens with one attached hydrogen (secondary N) is 1. The Hall–Kier alpha value is -1.82. The molecule has 6 heteroatoms. The minimum absolute atomic E-state index is 0.184. The summed E-state index contributed by atoms with van der Waals surface area (Å²) in [6, 6.07) is 5.80. The largest absolute Gasteiger partial charge is 0.494 e. The van der Waals surface area contributed by atoms with Gasteiger partial charge in [0, 0.05) is 13.0 Å². The molecule has 1 N–H and O–H groups in total. The lowest BCUT2D eigenvalue weighted by Crippen LogP contribution is -2.23. The van der Waals surface area contributed by atoms with Crippen LogP contribution in [0.25, 0.3) is 11.0 Å². The Labute approximate surface area is 135 Å². The van der Waals surface area contributed by atoms with Crippen LogP contribution in [0.4, 0.5) is 0 Å². The SMILES string of the molecule is COc1cccc2c1[nH]c(=S)n2CCCC(=O)OC(C)(C)C. The van der Waals surface area contributed by atoms with Gasteiger partial charge >= 0.3 is 5.97 Å². The Morgan fingerprint density at radius 2 is 2.09 bits per heavy atom. The maximum absolute atomic E-state index is 11.8. The first-order chi connectivity index (χ1) is 10.3. The van der Waals surface area contributed by atoms with E-state index in [-0.39, 0.29) is 5.97 Å². The third-order valence-electron chi connectivity index (χ3n) is 3.17. The van der Waals surface area contributed by atoms with Crippen LogP contribution in [0.15, 0.2) is 18.2 Å². The van der Waals surface area contributed by atoms with E-state index in [1.54, 1.807) is 7.11 Å². The average Bonchev–Trinajstić information content (AvgIpc) is 2.73. The van der Waals surface area contributed by atoms with E-state index in [2.05, 4.69) is 4.98 Å². The summed E-state index contributed by atoms with van der Waals surface area (Å²) in [5.41, 5.74) is 1.42. The topological polar surface area (TPSA) is 56.2 Å². The number of hydrogen-bond acceptors (Lipinski definition) is 4. The molecule has 0 aliphatic carbocycles. The van der Waals surface area contributed by atoms with E-state index in [0.717, 1.165) is 16.8 Å². The minimum Gasteiger partial charge on any atom is -0.494 e. The van der Waals surface area contributed by atoms with Gasteiger partial charge in [0.05, 0.1) is 12.6 Å². The summed E-state index contributed by atoms with van der Waals surface area (Å²) in [4.78, 5) is 14.9. The zero-order valence-electron chi connectivity index (χ0n) is 13.4. The van der Waals surface area contributed by atoms with Gasteiger partial charge in [-0.25, -0.2) is 0 Å². The van der Waals surface area contributed by atoms with Gasteiger partial charge in [-0.3, -0.25) is 4.79 Å². The molecule has 2 rings (SSSR count). The van der Waals surface area contributed by atoms with Gasteiger partial charge in [-0.15, -0.1) is 0 Å². The van der Waals surface area contributed by atoms with Gasteiger partial charge in [0.1, 0.15) is 16.9 Å². The predicted molar refractivity (Wildman–Crippen MR) is 88.8 cm³/mol. The molecule has 22 heavy (non-hydrogen) atoms. The Morgan fingerprint density at radius 1 is 1.36 bits per heavy atom. The highest BCUT2D eigenvalue weighted by Gasteiger charge is 2.16. The zero-order chi connectivity index (χ0) is 16.3. The second-order valence-electron chi connectivity index (χ2n) is 6.13. The fourth-order valence-electron chi connectivity index (χ4n) is 2.32. The molecular weight excluding hydrogens is 300 g/mol. The van der Waals surface area contributed by atoms with Gasteiger partial charge in [-0.2, -0.15) is 0 Å². The van der Waals surface area contributed by atoms with E-state index in [1.165, 1.54) is 0 Å². The van der Waals surface area contributed by atoms with Gasteiger partial charge in [0.25, 0.3) is 0 Å². The number of benzene rings is 1. The van der Waals surface area contributed by atoms with E-state index in [4.69, 9.17) is 21.7 Å². The molecule has 0 saturated carbocycles. The third-order valence-corrected chi connectivity index (χ3v) is 3.50. The lowest BCUT2D eigenvalue weighted by atomic mass is 10.2. The van der Waals surface area contributed by atoms with Crippen LogP contribution < -0.4 is 4.74 Å². The summed E-state index contributed by atoms with van der Waals surface area (Å²) in [6.07, 6.45) is 1.04. The quantitative estimate of drug-likeness (QED) is 0.671. The van der Waals surface area contributed by atoms with Crippen molar-refractivity contribution in [1.29, 1.82) is 0 Å². The maximum atomic E-state index is 11.8. The summed E-state index contributed by atoms with van der Waals surface area (Å²) in [6.45, 7) is 6.26. The molecule has 120 valence electrons. The van der Waals surface area contributed by atoms with E-state index in [0.29, 0.717) is 24.2 Å². The van der Waals surface area contributed by atoms with Crippen molar-refractivity contribution < 1.29 is 14.3 Å². The molecule has 1 aromatic carbocycles. The van der Waals surface area contributed by atoms with Crippen LogP contribution in [-0.4, -0.2) is 28.2 Å². The number of fused-ring (bicyclic) bond motifs is 1. The molecule has 0 saturated heterocycles. The molecule has 5 nitrogen and oxygen atoms in total. The molecule has 0 amide bonds. The molecule has 0 aliphatic rings. The number of hydrogen-bond donors (Lipinski definition) is 1. The number of ether oxygens (including phenoxy) is 2. The number of para-hydroxylation sites is 1. The Morgan fingerprint density at radius 3 is 2.73 bits per heavy atom. The highest BCUT2D eigenvalue weighted by molar-refractivity contribution is 7.71. The monoisotopic (exact) mass is 322 g/mol.